The number of hydrogen-bond acceptors (Lipinski definition) is 5. The number of rotatable bonds is 6. The fourth-order valence-corrected chi connectivity index (χ4v) is 3.36. The van der Waals surface area contributed by atoms with Gasteiger partial charge in [-0.2, -0.15) is 5.10 Å². The van der Waals surface area contributed by atoms with E-state index >= 15 is 0 Å². The van der Waals surface area contributed by atoms with E-state index in [4.69, 9.17) is 0 Å². The molecule has 160 valence electrons. The number of carbonyl (C=O) groups is 3. The molecule has 3 rings (SSSR count). The molecular weight excluding hydrogens is 384 g/mol. The van der Waals surface area contributed by atoms with Crippen LogP contribution in [0.4, 0.5) is 5.82 Å². The number of nitrogens with one attached hydrogen (secondary N) is 4. The van der Waals surface area contributed by atoms with E-state index in [0.29, 0.717) is 17.9 Å². The van der Waals surface area contributed by atoms with Crippen LogP contribution in [-0.2, 0) is 20.8 Å². The van der Waals surface area contributed by atoms with Crippen molar-refractivity contribution in [1.82, 2.24) is 25.7 Å². The summed E-state index contributed by atoms with van der Waals surface area (Å²) in [5, 5.41) is 15.6. The molecule has 0 radical (unpaired) electrons. The number of aromatic nitrogens is 2. The van der Waals surface area contributed by atoms with Gasteiger partial charge in [-0.25, -0.2) is 4.68 Å². The normalized spacial score (nSPS) is 19.6. The quantitative estimate of drug-likeness (QED) is 0.532. The molecule has 4 N–H and O–H groups in total. The molecule has 0 spiro atoms. The van der Waals surface area contributed by atoms with Gasteiger partial charge < -0.3 is 16.0 Å². The van der Waals surface area contributed by atoms with Crippen molar-refractivity contribution in [3.8, 4) is 0 Å². The van der Waals surface area contributed by atoms with E-state index in [1.807, 2.05) is 44.2 Å². The summed E-state index contributed by atoms with van der Waals surface area (Å²) in [7, 11) is 0. The second-order valence-electron chi connectivity index (χ2n) is 7.71. The highest BCUT2D eigenvalue weighted by atomic mass is 16.2. The summed E-state index contributed by atoms with van der Waals surface area (Å²) in [6.07, 6.45) is 1.29. The zero-order valence-electron chi connectivity index (χ0n) is 17.4. The number of amides is 3. The largest absolute Gasteiger partial charge is 0.345 e. The standard InChI is InChI=1S/C21H28N6O3/c1-13(9-10-16-7-5-4-6-8-16)22-19(29)20(30)24-17-11-15(3)26-27(17)21-23-14(2)12-18(28)25-21/h4-8,11,13-14,21,23H,9-10,12H2,1-3H3,(H,22,29)(H,24,30)(H,25,28). The van der Waals surface area contributed by atoms with Crippen molar-refractivity contribution in [3.63, 3.8) is 0 Å². The van der Waals surface area contributed by atoms with Gasteiger partial charge in [0.15, 0.2) is 6.29 Å². The summed E-state index contributed by atoms with van der Waals surface area (Å²) in [5.41, 5.74) is 1.83. The topological polar surface area (TPSA) is 117 Å². The molecule has 2 heterocycles. The van der Waals surface area contributed by atoms with Gasteiger partial charge in [-0.1, -0.05) is 30.3 Å². The average molecular weight is 412 g/mol. The van der Waals surface area contributed by atoms with Gasteiger partial charge in [0.25, 0.3) is 0 Å². The lowest BCUT2D eigenvalue weighted by Gasteiger charge is -2.30. The van der Waals surface area contributed by atoms with Gasteiger partial charge in [-0.05, 0) is 39.2 Å². The van der Waals surface area contributed by atoms with Crippen LogP contribution in [0.25, 0.3) is 0 Å². The van der Waals surface area contributed by atoms with Gasteiger partial charge in [0, 0.05) is 24.6 Å². The van der Waals surface area contributed by atoms with Crippen LogP contribution in [0.3, 0.4) is 0 Å². The van der Waals surface area contributed by atoms with Crippen molar-refractivity contribution in [2.24, 2.45) is 0 Å². The van der Waals surface area contributed by atoms with Crippen molar-refractivity contribution >= 4 is 23.5 Å². The molecule has 2 aromatic rings. The second kappa shape index (κ2) is 9.53. The smallest absolute Gasteiger partial charge is 0.314 e. The van der Waals surface area contributed by atoms with Crippen LogP contribution in [0.2, 0.25) is 0 Å². The zero-order valence-corrected chi connectivity index (χ0v) is 17.4. The van der Waals surface area contributed by atoms with Crippen LogP contribution < -0.4 is 21.3 Å². The molecule has 1 saturated heterocycles. The number of benzene rings is 1. The lowest BCUT2D eigenvalue weighted by molar-refractivity contribution is -0.136. The molecule has 1 fully saturated rings. The van der Waals surface area contributed by atoms with E-state index in [2.05, 4.69) is 26.4 Å². The molecule has 0 saturated carbocycles. The maximum atomic E-state index is 12.4. The summed E-state index contributed by atoms with van der Waals surface area (Å²) >= 11 is 0. The first-order valence-electron chi connectivity index (χ1n) is 10.1. The van der Waals surface area contributed by atoms with E-state index < -0.39 is 18.1 Å². The number of aryl methyl sites for hydroxylation is 2. The minimum absolute atomic E-state index is 0.0365. The molecule has 3 unspecified atom stereocenters. The van der Waals surface area contributed by atoms with Crippen molar-refractivity contribution in [3.05, 3.63) is 47.7 Å². The SMILES string of the molecule is Cc1cc(NC(=O)C(=O)NC(C)CCc2ccccc2)n(C2NC(=O)CC(C)N2)n1. The van der Waals surface area contributed by atoms with E-state index in [0.717, 1.165) is 12.8 Å². The minimum atomic E-state index is -0.780. The van der Waals surface area contributed by atoms with Crippen molar-refractivity contribution < 1.29 is 14.4 Å². The Labute approximate surface area is 175 Å². The molecule has 0 bridgehead atoms. The van der Waals surface area contributed by atoms with Gasteiger partial charge in [0.05, 0.1) is 5.69 Å². The fraction of sp³-hybridized carbons (Fsp3) is 0.429. The Balaban J connectivity index is 1.57. The summed E-state index contributed by atoms with van der Waals surface area (Å²) in [6, 6.07) is 11.4. The van der Waals surface area contributed by atoms with Crippen LogP contribution in [0.15, 0.2) is 36.4 Å². The summed E-state index contributed by atoms with van der Waals surface area (Å²) in [6.45, 7) is 5.53. The fourth-order valence-electron chi connectivity index (χ4n) is 3.36. The Morgan fingerprint density at radius 2 is 2.00 bits per heavy atom. The molecule has 1 aromatic carbocycles. The molecule has 1 aliphatic heterocycles. The molecule has 30 heavy (non-hydrogen) atoms. The lowest BCUT2D eigenvalue weighted by Crippen LogP contribution is -2.52. The highest BCUT2D eigenvalue weighted by Crippen LogP contribution is 2.17. The first-order valence-corrected chi connectivity index (χ1v) is 10.1. The number of hydrogen-bond donors (Lipinski definition) is 4. The van der Waals surface area contributed by atoms with E-state index in [-0.39, 0.29) is 18.0 Å². The summed E-state index contributed by atoms with van der Waals surface area (Å²) < 4.78 is 1.47. The molecule has 3 atom stereocenters. The Bertz CT molecular complexity index is 911. The van der Waals surface area contributed by atoms with E-state index in [1.165, 1.54) is 10.2 Å². The Morgan fingerprint density at radius 1 is 1.27 bits per heavy atom. The molecule has 1 aliphatic rings. The molecule has 9 heteroatoms. The first kappa shape index (κ1) is 21.5. The highest BCUT2D eigenvalue weighted by molar-refractivity contribution is 6.39. The van der Waals surface area contributed by atoms with Crippen LogP contribution in [-0.4, -0.2) is 39.6 Å². The van der Waals surface area contributed by atoms with Crippen molar-refractivity contribution in [2.45, 2.75) is 58.4 Å². The van der Waals surface area contributed by atoms with Crippen LogP contribution >= 0.6 is 0 Å². The lowest BCUT2D eigenvalue weighted by atomic mass is 10.1. The predicted octanol–water partition coefficient (Wildman–Crippen LogP) is 1.22. The number of carbonyl (C=O) groups excluding carboxylic acids is 3. The number of nitrogens with zero attached hydrogens (tertiary/aromatic N) is 2. The second-order valence-corrected chi connectivity index (χ2v) is 7.71. The number of anilines is 1. The summed E-state index contributed by atoms with van der Waals surface area (Å²) in [4.78, 5) is 36.6. The third kappa shape index (κ3) is 5.66. The predicted molar refractivity (Wildman–Crippen MR) is 112 cm³/mol. The molecule has 0 aliphatic carbocycles. The zero-order chi connectivity index (χ0) is 21.7. The maximum absolute atomic E-state index is 12.4. The van der Waals surface area contributed by atoms with Crippen LogP contribution in [0.5, 0.6) is 0 Å². The third-order valence-corrected chi connectivity index (χ3v) is 4.87. The molecular formula is C21H28N6O3. The minimum Gasteiger partial charge on any atom is -0.345 e. The summed E-state index contributed by atoms with van der Waals surface area (Å²) in [5.74, 6) is -1.27. The Kier molecular flexibility index (Phi) is 6.83. The Hall–Kier alpha value is -3.20. The van der Waals surface area contributed by atoms with Gasteiger partial charge in [-0.3, -0.25) is 19.7 Å². The van der Waals surface area contributed by atoms with Gasteiger partial charge in [0.1, 0.15) is 5.82 Å². The molecule has 3 amide bonds. The third-order valence-electron chi connectivity index (χ3n) is 4.87. The van der Waals surface area contributed by atoms with Crippen LogP contribution in [0.1, 0.15) is 44.2 Å². The van der Waals surface area contributed by atoms with E-state index in [9.17, 15) is 14.4 Å². The Morgan fingerprint density at radius 3 is 2.70 bits per heavy atom. The molecule has 1 aromatic heterocycles. The van der Waals surface area contributed by atoms with Gasteiger partial charge in [-0.15, -0.1) is 0 Å². The monoisotopic (exact) mass is 412 g/mol. The van der Waals surface area contributed by atoms with Gasteiger partial charge in [0.2, 0.25) is 5.91 Å². The average Bonchev–Trinajstić information content (AvgIpc) is 3.06. The van der Waals surface area contributed by atoms with Crippen molar-refractivity contribution in [1.29, 1.82) is 0 Å². The van der Waals surface area contributed by atoms with E-state index in [1.54, 1.807) is 13.0 Å². The molecule has 9 nitrogen and oxygen atoms in total. The van der Waals surface area contributed by atoms with Gasteiger partial charge >= 0.3 is 11.8 Å². The first-order chi connectivity index (χ1) is 14.3. The highest BCUT2D eigenvalue weighted by Gasteiger charge is 2.27. The van der Waals surface area contributed by atoms with Crippen molar-refractivity contribution in [2.75, 3.05) is 5.32 Å². The van der Waals surface area contributed by atoms with Crippen LogP contribution in [0, 0.1) is 6.92 Å². The maximum Gasteiger partial charge on any atom is 0.314 e.